The van der Waals surface area contributed by atoms with Crippen LogP contribution < -0.4 is 10.2 Å². The Morgan fingerprint density at radius 2 is 0.660 bits per heavy atom. The van der Waals surface area contributed by atoms with Crippen LogP contribution >= 0.6 is 0 Å². The monoisotopic (exact) mass is 670 g/mol. The molecule has 0 radical (unpaired) electrons. The fourth-order valence-corrected chi connectivity index (χ4v) is 5.53. The van der Waals surface area contributed by atoms with Crippen LogP contribution in [-0.2, 0) is 19.5 Å². The molecule has 0 aliphatic rings. The summed E-state index contributed by atoms with van der Waals surface area (Å²) in [5.74, 6) is -3.57. The van der Waals surface area contributed by atoms with Crippen molar-refractivity contribution in [3.8, 4) is 11.5 Å². The number of hydrogen-bond donors (Lipinski definition) is 2. The molecule has 6 nitrogen and oxygen atoms in total. The molecule has 7 heteroatoms. The van der Waals surface area contributed by atoms with E-state index in [1.165, 1.54) is 24.3 Å². The predicted molar refractivity (Wildman–Crippen MR) is 173 cm³/mol. The minimum absolute atomic E-state index is 0. The van der Waals surface area contributed by atoms with Crippen molar-refractivity contribution in [1.82, 2.24) is 0 Å². The van der Waals surface area contributed by atoms with Crippen LogP contribution in [0.4, 0.5) is 0 Å². The summed E-state index contributed by atoms with van der Waals surface area (Å²) in [4.78, 5) is 22.5. The summed E-state index contributed by atoms with van der Waals surface area (Å²) in [7, 11) is 0. The van der Waals surface area contributed by atoms with Crippen molar-refractivity contribution >= 4 is 11.9 Å². The normalized spacial score (nSPS) is 10.4. The number of benzene rings is 6. The zero-order valence-corrected chi connectivity index (χ0v) is 28.4. The van der Waals surface area contributed by atoms with Gasteiger partial charge in [0, 0.05) is 11.8 Å². The standard InChI is InChI=1S/2C20H16O3.Zn/c2*21-18-12-11-16(13-17(18)20(22)23)19(14-7-3-1-4-8-14)15-9-5-2-6-10-15;/h2*1-13,19,21H,(H,22,23);/q;;+2/p-2. The summed E-state index contributed by atoms with van der Waals surface area (Å²) in [5.41, 5.74) is 5.39. The van der Waals surface area contributed by atoms with Gasteiger partial charge in [-0.15, -0.1) is 0 Å². The molecule has 0 atom stereocenters. The fraction of sp³-hybridized carbons (Fsp3) is 0.0500. The molecule has 0 bridgehead atoms. The number of carboxylic acid groups (broad SMARTS) is 2. The van der Waals surface area contributed by atoms with Gasteiger partial charge in [-0.3, -0.25) is 0 Å². The van der Waals surface area contributed by atoms with Crippen LogP contribution in [0, 0.1) is 0 Å². The summed E-state index contributed by atoms with van der Waals surface area (Å²) in [5, 5.41) is 41.9. The van der Waals surface area contributed by atoms with Gasteiger partial charge in [-0.05, 0) is 45.5 Å². The summed E-state index contributed by atoms with van der Waals surface area (Å²) in [6.45, 7) is 0. The molecule has 228 valence electrons. The largest absolute Gasteiger partial charge is 2.00 e. The molecular formula is C40H30O6Zn. The van der Waals surface area contributed by atoms with E-state index in [9.17, 15) is 30.0 Å². The summed E-state index contributed by atoms with van der Waals surface area (Å²) in [6, 6.07) is 48.4. The van der Waals surface area contributed by atoms with E-state index in [2.05, 4.69) is 0 Å². The van der Waals surface area contributed by atoms with Crippen LogP contribution in [0.2, 0.25) is 0 Å². The van der Waals surface area contributed by atoms with Crippen LogP contribution in [0.25, 0.3) is 0 Å². The van der Waals surface area contributed by atoms with E-state index < -0.39 is 23.4 Å². The molecule has 0 aliphatic carbocycles. The molecule has 47 heavy (non-hydrogen) atoms. The van der Waals surface area contributed by atoms with Gasteiger partial charge in [0.25, 0.3) is 0 Å². The second-order valence-corrected chi connectivity index (χ2v) is 10.6. The first-order valence-corrected chi connectivity index (χ1v) is 14.6. The number of carboxylic acids is 2. The first-order valence-electron chi connectivity index (χ1n) is 14.6. The van der Waals surface area contributed by atoms with Crippen molar-refractivity contribution < 1.29 is 49.5 Å². The zero-order valence-electron chi connectivity index (χ0n) is 25.4. The average molecular weight is 672 g/mol. The maximum atomic E-state index is 11.7. The topological polar surface area (TPSA) is 121 Å². The van der Waals surface area contributed by atoms with Crippen molar-refractivity contribution in [2.45, 2.75) is 11.8 Å². The van der Waals surface area contributed by atoms with Gasteiger partial charge in [-0.2, -0.15) is 0 Å². The quantitative estimate of drug-likeness (QED) is 0.130. The van der Waals surface area contributed by atoms with Gasteiger partial charge in [0.15, 0.2) is 0 Å². The van der Waals surface area contributed by atoms with Gasteiger partial charge in [0.05, 0.1) is 11.1 Å². The van der Waals surface area contributed by atoms with Crippen LogP contribution in [-0.4, -0.2) is 22.2 Å². The van der Waals surface area contributed by atoms with Gasteiger partial charge in [0.1, 0.15) is 0 Å². The summed E-state index contributed by atoms with van der Waals surface area (Å²) >= 11 is 0. The molecule has 6 aromatic rings. The molecule has 0 heterocycles. The Balaban J connectivity index is 0.000000208. The van der Waals surface area contributed by atoms with Crippen LogP contribution in [0.15, 0.2) is 158 Å². The Morgan fingerprint density at radius 1 is 0.404 bits per heavy atom. The average Bonchev–Trinajstić information content (AvgIpc) is 3.08. The minimum Gasteiger partial charge on any atom is -0.872 e. The Kier molecular flexibility index (Phi) is 11.8. The maximum absolute atomic E-state index is 11.7. The Labute approximate surface area is 286 Å². The van der Waals surface area contributed by atoms with Gasteiger partial charge >= 0.3 is 31.4 Å². The summed E-state index contributed by atoms with van der Waals surface area (Å²) in [6.07, 6.45) is 0. The SMILES string of the molecule is O=C(O)c1cc(C(c2ccccc2)c2ccccc2)ccc1[O-].O=C(O)c1cc(C(c2ccccc2)c2ccccc2)ccc1[O-].[Zn+2]. The maximum Gasteiger partial charge on any atom is 2.00 e. The second-order valence-electron chi connectivity index (χ2n) is 10.6. The van der Waals surface area contributed by atoms with Crippen LogP contribution in [0.5, 0.6) is 11.5 Å². The van der Waals surface area contributed by atoms with Gasteiger partial charge < -0.3 is 20.4 Å². The zero-order chi connectivity index (χ0) is 32.5. The first kappa shape index (κ1) is 34.4. The van der Waals surface area contributed by atoms with Crippen molar-refractivity contribution in [1.29, 1.82) is 0 Å². The molecule has 0 spiro atoms. The van der Waals surface area contributed by atoms with E-state index in [1.54, 1.807) is 12.1 Å². The third-order valence-corrected chi connectivity index (χ3v) is 7.67. The van der Waals surface area contributed by atoms with Crippen LogP contribution in [0.3, 0.4) is 0 Å². The van der Waals surface area contributed by atoms with Gasteiger partial charge in [0.2, 0.25) is 0 Å². The molecule has 6 aromatic carbocycles. The second kappa shape index (κ2) is 16.2. The van der Waals surface area contributed by atoms with Gasteiger partial charge in [-0.1, -0.05) is 157 Å². The molecule has 0 unspecified atom stereocenters. The molecule has 6 rings (SSSR count). The molecule has 2 N–H and O–H groups in total. The van der Waals surface area contributed by atoms with Crippen molar-refractivity contribution in [2.24, 2.45) is 0 Å². The molecular weight excluding hydrogens is 642 g/mol. The fourth-order valence-electron chi connectivity index (χ4n) is 5.53. The van der Waals surface area contributed by atoms with E-state index in [0.29, 0.717) is 0 Å². The van der Waals surface area contributed by atoms with Crippen LogP contribution in [0.1, 0.15) is 65.9 Å². The van der Waals surface area contributed by atoms with E-state index in [-0.39, 0.29) is 42.4 Å². The number of carbonyl (C=O) groups is 2. The van der Waals surface area contributed by atoms with Crippen molar-refractivity contribution in [2.75, 3.05) is 0 Å². The molecule has 0 amide bonds. The molecule has 0 saturated carbocycles. The number of aromatic carboxylic acids is 2. The summed E-state index contributed by atoms with van der Waals surface area (Å²) < 4.78 is 0. The third-order valence-electron chi connectivity index (χ3n) is 7.67. The van der Waals surface area contributed by atoms with E-state index >= 15 is 0 Å². The molecule has 0 aliphatic heterocycles. The number of hydrogen-bond acceptors (Lipinski definition) is 4. The van der Waals surface area contributed by atoms with Gasteiger partial charge in [-0.25, -0.2) is 9.59 Å². The smallest absolute Gasteiger partial charge is 0.872 e. The Bertz CT molecular complexity index is 1690. The van der Waals surface area contributed by atoms with E-state index in [1.807, 2.05) is 121 Å². The molecule has 0 aromatic heterocycles. The minimum atomic E-state index is -1.20. The Morgan fingerprint density at radius 3 is 0.894 bits per heavy atom. The molecule has 0 fully saturated rings. The Hall–Kier alpha value is -5.52. The van der Waals surface area contributed by atoms with Crippen molar-refractivity contribution in [3.05, 3.63) is 202 Å². The predicted octanol–water partition coefficient (Wildman–Crippen LogP) is 7.27. The molecule has 0 saturated heterocycles. The van der Waals surface area contributed by atoms with Crippen molar-refractivity contribution in [3.63, 3.8) is 0 Å². The third kappa shape index (κ3) is 8.40. The number of rotatable bonds is 8. The van der Waals surface area contributed by atoms with E-state index in [4.69, 9.17) is 0 Å². The van der Waals surface area contributed by atoms with E-state index in [0.717, 1.165) is 33.4 Å². The first-order chi connectivity index (χ1) is 22.3.